The fourth-order valence-electron chi connectivity index (χ4n) is 2.10. The van der Waals surface area contributed by atoms with Gasteiger partial charge in [0, 0.05) is 20.7 Å². The number of nitrogens with zero attached hydrogens (tertiary/aromatic N) is 4. The molecule has 0 saturated heterocycles. The van der Waals surface area contributed by atoms with Crippen LogP contribution in [0.3, 0.4) is 0 Å². The van der Waals surface area contributed by atoms with Gasteiger partial charge in [-0.3, -0.25) is 9.59 Å². The minimum atomic E-state index is -0.440. The summed E-state index contributed by atoms with van der Waals surface area (Å²) >= 11 is 0. The Morgan fingerprint density at radius 3 is 2.73 bits per heavy atom. The first-order valence-corrected chi connectivity index (χ1v) is 8.39. The third-order valence-electron chi connectivity index (χ3n) is 3.50. The lowest BCUT2D eigenvalue weighted by molar-refractivity contribution is -0.129. The maximum absolute atomic E-state index is 12.5. The summed E-state index contributed by atoms with van der Waals surface area (Å²) in [6, 6.07) is 3.08. The summed E-state index contributed by atoms with van der Waals surface area (Å²) in [6.07, 6.45) is 2.98. The molecule has 2 amide bonds. The van der Waals surface area contributed by atoms with Crippen molar-refractivity contribution in [3.8, 4) is 0 Å². The monoisotopic (exact) mass is 363 g/mol. The molecule has 2 heterocycles. The molecule has 1 N–H and O–H groups in total. The van der Waals surface area contributed by atoms with E-state index in [1.807, 2.05) is 13.8 Å². The van der Waals surface area contributed by atoms with Crippen LogP contribution in [0.2, 0.25) is 0 Å². The summed E-state index contributed by atoms with van der Waals surface area (Å²) in [6.45, 7) is 4.98. The Labute approximate surface area is 152 Å². The Morgan fingerprint density at radius 1 is 1.35 bits per heavy atom. The fourth-order valence-corrected chi connectivity index (χ4v) is 2.10. The summed E-state index contributed by atoms with van der Waals surface area (Å²) in [5, 5.41) is 10.5. The molecule has 0 aromatic carbocycles. The Morgan fingerprint density at radius 2 is 2.12 bits per heavy atom. The van der Waals surface area contributed by atoms with E-state index in [9.17, 15) is 9.59 Å². The van der Waals surface area contributed by atoms with Crippen LogP contribution in [-0.4, -0.2) is 59.0 Å². The van der Waals surface area contributed by atoms with Crippen LogP contribution >= 0.6 is 0 Å². The van der Waals surface area contributed by atoms with Crippen LogP contribution < -0.4 is 5.32 Å². The van der Waals surface area contributed by atoms with Gasteiger partial charge in [0.05, 0.1) is 19.1 Å². The summed E-state index contributed by atoms with van der Waals surface area (Å²) in [4.78, 5) is 25.6. The Hall–Kier alpha value is -2.68. The summed E-state index contributed by atoms with van der Waals surface area (Å²) in [7, 11) is 3.30. The average Bonchev–Trinajstić information content (AvgIpc) is 3.25. The second kappa shape index (κ2) is 9.14. The number of aromatic nitrogens is 3. The lowest BCUT2D eigenvalue weighted by atomic mass is 10.2. The van der Waals surface area contributed by atoms with Crippen LogP contribution in [0.5, 0.6) is 0 Å². The zero-order valence-electron chi connectivity index (χ0n) is 15.5. The molecule has 0 unspecified atom stereocenters. The van der Waals surface area contributed by atoms with Gasteiger partial charge < -0.3 is 19.4 Å². The maximum Gasteiger partial charge on any atom is 0.274 e. The highest BCUT2D eigenvalue weighted by Crippen LogP contribution is 2.15. The topological polar surface area (TPSA) is 102 Å². The molecule has 142 valence electrons. The van der Waals surface area contributed by atoms with Crippen molar-refractivity contribution in [1.29, 1.82) is 0 Å². The molecule has 26 heavy (non-hydrogen) atoms. The van der Waals surface area contributed by atoms with Crippen molar-refractivity contribution < 1.29 is 18.7 Å². The van der Waals surface area contributed by atoms with Gasteiger partial charge in [-0.15, -0.1) is 5.10 Å². The molecule has 9 heteroatoms. The molecule has 2 aromatic heterocycles. The standard InChI is InChI=1S/C17H25N5O4/c1-12(2)10-25-11-14(15-6-5-7-26-15)18-17(24)13-8-22(20-19-13)9-16(23)21(3)4/h5-8,12,14H,9-11H2,1-4H3,(H,18,24)/t14-/m1/s1. The van der Waals surface area contributed by atoms with E-state index in [1.54, 1.807) is 32.5 Å². The maximum atomic E-state index is 12.5. The van der Waals surface area contributed by atoms with Crippen LogP contribution in [0.15, 0.2) is 29.0 Å². The minimum absolute atomic E-state index is 0.0202. The molecule has 0 aliphatic carbocycles. The van der Waals surface area contributed by atoms with Crippen LogP contribution in [0.4, 0.5) is 0 Å². The summed E-state index contributed by atoms with van der Waals surface area (Å²) in [5.74, 6) is 0.426. The number of carbonyl (C=O) groups excluding carboxylic acids is 2. The predicted octanol–water partition coefficient (Wildman–Crippen LogP) is 1.10. The molecule has 0 bridgehead atoms. The number of ether oxygens (including phenoxy) is 1. The lowest BCUT2D eigenvalue weighted by Gasteiger charge is -2.17. The Balaban J connectivity index is 2.00. The average molecular weight is 363 g/mol. The summed E-state index contributed by atoms with van der Waals surface area (Å²) < 4.78 is 12.4. The highest BCUT2D eigenvalue weighted by Gasteiger charge is 2.21. The van der Waals surface area contributed by atoms with Crippen molar-refractivity contribution >= 4 is 11.8 Å². The van der Waals surface area contributed by atoms with Crippen LogP contribution in [0, 0.1) is 5.92 Å². The number of hydrogen-bond donors (Lipinski definition) is 1. The first kappa shape index (κ1) is 19.6. The second-order valence-corrected chi connectivity index (χ2v) is 6.56. The normalized spacial score (nSPS) is 12.2. The van der Waals surface area contributed by atoms with E-state index in [4.69, 9.17) is 9.15 Å². The predicted molar refractivity (Wildman–Crippen MR) is 93.3 cm³/mol. The zero-order valence-corrected chi connectivity index (χ0v) is 15.5. The van der Waals surface area contributed by atoms with E-state index < -0.39 is 11.9 Å². The largest absolute Gasteiger partial charge is 0.467 e. The highest BCUT2D eigenvalue weighted by atomic mass is 16.5. The molecule has 0 spiro atoms. The number of furan rings is 1. The molecule has 0 aliphatic heterocycles. The van der Waals surface area contributed by atoms with Crippen molar-refractivity contribution in [2.75, 3.05) is 27.3 Å². The van der Waals surface area contributed by atoms with Crippen molar-refractivity contribution in [2.45, 2.75) is 26.4 Å². The molecular formula is C17H25N5O4. The molecule has 2 aromatic rings. The lowest BCUT2D eigenvalue weighted by Crippen LogP contribution is -2.32. The number of hydrogen-bond acceptors (Lipinski definition) is 6. The van der Waals surface area contributed by atoms with Crippen molar-refractivity contribution in [1.82, 2.24) is 25.2 Å². The smallest absolute Gasteiger partial charge is 0.274 e. The number of carbonyl (C=O) groups is 2. The molecule has 0 fully saturated rings. The van der Waals surface area contributed by atoms with Crippen molar-refractivity contribution in [3.63, 3.8) is 0 Å². The second-order valence-electron chi connectivity index (χ2n) is 6.56. The minimum Gasteiger partial charge on any atom is -0.467 e. The van der Waals surface area contributed by atoms with Gasteiger partial charge in [0.15, 0.2) is 5.69 Å². The molecule has 0 saturated carbocycles. The summed E-state index contributed by atoms with van der Waals surface area (Å²) in [5.41, 5.74) is 0.122. The molecule has 0 aliphatic rings. The van der Waals surface area contributed by atoms with E-state index in [1.165, 1.54) is 15.8 Å². The van der Waals surface area contributed by atoms with E-state index in [-0.39, 0.29) is 24.8 Å². The van der Waals surface area contributed by atoms with Crippen LogP contribution in [0.25, 0.3) is 0 Å². The van der Waals surface area contributed by atoms with E-state index in [2.05, 4.69) is 15.6 Å². The Kier molecular flexibility index (Phi) is 6.90. The van der Waals surface area contributed by atoms with Gasteiger partial charge in [-0.1, -0.05) is 19.1 Å². The van der Waals surface area contributed by atoms with Crippen LogP contribution in [-0.2, 0) is 16.1 Å². The third-order valence-corrected chi connectivity index (χ3v) is 3.50. The van der Waals surface area contributed by atoms with Gasteiger partial charge in [-0.05, 0) is 18.1 Å². The highest BCUT2D eigenvalue weighted by molar-refractivity contribution is 5.92. The SMILES string of the molecule is CC(C)COC[C@@H](NC(=O)c1cn(CC(=O)N(C)C)nn1)c1ccco1. The van der Waals surface area contributed by atoms with Gasteiger partial charge in [0.25, 0.3) is 5.91 Å². The zero-order chi connectivity index (χ0) is 19.1. The molecule has 0 radical (unpaired) electrons. The van der Waals surface area contributed by atoms with Gasteiger partial charge in [0.2, 0.25) is 5.91 Å². The van der Waals surface area contributed by atoms with E-state index in [0.29, 0.717) is 18.3 Å². The molecule has 9 nitrogen and oxygen atoms in total. The third kappa shape index (κ3) is 5.69. The van der Waals surface area contributed by atoms with Crippen LogP contribution in [0.1, 0.15) is 36.1 Å². The van der Waals surface area contributed by atoms with E-state index >= 15 is 0 Å². The number of amides is 2. The van der Waals surface area contributed by atoms with Gasteiger partial charge in [0.1, 0.15) is 18.3 Å². The quantitative estimate of drug-likeness (QED) is 0.716. The van der Waals surface area contributed by atoms with Gasteiger partial charge in [-0.25, -0.2) is 4.68 Å². The molecule has 1 atom stereocenters. The number of nitrogens with one attached hydrogen (secondary N) is 1. The van der Waals surface area contributed by atoms with Crippen molar-refractivity contribution in [2.24, 2.45) is 5.92 Å². The first-order chi connectivity index (χ1) is 12.4. The first-order valence-electron chi connectivity index (χ1n) is 8.39. The van der Waals surface area contributed by atoms with Gasteiger partial charge in [-0.2, -0.15) is 0 Å². The number of likely N-dealkylation sites (N-methyl/N-ethyl adjacent to an activating group) is 1. The fraction of sp³-hybridized carbons (Fsp3) is 0.529. The Bertz CT molecular complexity index is 709. The number of rotatable bonds is 9. The van der Waals surface area contributed by atoms with Gasteiger partial charge >= 0.3 is 0 Å². The van der Waals surface area contributed by atoms with Crippen molar-refractivity contribution in [3.05, 3.63) is 36.0 Å². The molecule has 2 rings (SSSR count). The van der Waals surface area contributed by atoms with E-state index in [0.717, 1.165) is 0 Å². The molecular weight excluding hydrogens is 338 g/mol.